The van der Waals surface area contributed by atoms with Crippen molar-refractivity contribution >= 4 is 46.7 Å². The summed E-state index contributed by atoms with van der Waals surface area (Å²) in [6.07, 6.45) is 2.06. The highest BCUT2D eigenvalue weighted by molar-refractivity contribution is 8.07. The Balaban J connectivity index is 2.09. The molecule has 1 aromatic carbocycles. The molecular weight excluding hydrogens is 331 g/mol. The number of halogens is 2. The number of thioether (sulfide) groups is 2. The van der Waals surface area contributed by atoms with Gasteiger partial charge in [-0.3, -0.25) is 11.3 Å². The normalized spacial score (nSPS) is 24.6. The molecule has 0 amide bonds. The van der Waals surface area contributed by atoms with Gasteiger partial charge in [-0.15, -0.1) is 0 Å². The Morgan fingerprint density at radius 3 is 2.70 bits per heavy atom. The van der Waals surface area contributed by atoms with E-state index in [0.717, 1.165) is 6.42 Å². The molecule has 6 heteroatoms. The van der Waals surface area contributed by atoms with Gasteiger partial charge < -0.3 is 0 Å². The maximum absolute atomic E-state index is 6.09. The van der Waals surface area contributed by atoms with Crippen molar-refractivity contribution in [3.05, 3.63) is 33.8 Å². The monoisotopic (exact) mass is 350 g/mol. The molecule has 112 valence electrons. The molecule has 1 heterocycles. The molecule has 1 aliphatic heterocycles. The van der Waals surface area contributed by atoms with Crippen LogP contribution in [-0.2, 0) is 6.42 Å². The van der Waals surface area contributed by atoms with Crippen molar-refractivity contribution in [3.63, 3.8) is 0 Å². The summed E-state index contributed by atoms with van der Waals surface area (Å²) in [5.41, 5.74) is 4.18. The minimum Gasteiger partial charge on any atom is -0.271 e. The van der Waals surface area contributed by atoms with Crippen LogP contribution in [0.3, 0.4) is 0 Å². The summed E-state index contributed by atoms with van der Waals surface area (Å²) >= 11 is 16.2. The van der Waals surface area contributed by atoms with Crippen LogP contribution in [0.25, 0.3) is 0 Å². The highest BCUT2D eigenvalue weighted by Gasteiger charge is 2.31. The summed E-state index contributed by atoms with van der Waals surface area (Å²) in [6.45, 7) is 2.25. The molecule has 0 radical (unpaired) electrons. The summed E-state index contributed by atoms with van der Waals surface area (Å²) in [7, 11) is 0. The zero-order valence-corrected chi connectivity index (χ0v) is 14.6. The van der Waals surface area contributed by atoms with Gasteiger partial charge in [0, 0.05) is 28.0 Å². The van der Waals surface area contributed by atoms with Crippen LogP contribution >= 0.6 is 46.7 Å². The average molecular weight is 351 g/mol. The number of nitrogens with two attached hydrogens (primary N) is 1. The van der Waals surface area contributed by atoms with Gasteiger partial charge in [0.2, 0.25) is 0 Å². The Morgan fingerprint density at radius 2 is 2.05 bits per heavy atom. The van der Waals surface area contributed by atoms with E-state index >= 15 is 0 Å². The minimum atomic E-state index is 0.259. The summed E-state index contributed by atoms with van der Waals surface area (Å²) in [5.74, 6) is 8.24. The van der Waals surface area contributed by atoms with E-state index in [-0.39, 0.29) is 6.04 Å². The Kier molecular flexibility index (Phi) is 6.85. The molecule has 0 aliphatic carbocycles. The highest BCUT2D eigenvalue weighted by Crippen LogP contribution is 2.36. The van der Waals surface area contributed by atoms with Gasteiger partial charge in [0.05, 0.1) is 10.0 Å². The second-order valence-corrected chi connectivity index (χ2v) is 8.33. The van der Waals surface area contributed by atoms with Crippen LogP contribution in [0.2, 0.25) is 10.0 Å². The second kappa shape index (κ2) is 8.16. The molecule has 3 unspecified atom stereocenters. The third-order valence-electron chi connectivity index (χ3n) is 3.54. The first kappa shape index (κ1) is 16.8. The number of rotatable bonds is 5. The summed E-state index contributed by atoms with van der Waals surface area (Å²) in [6, 6.07) is 6.08. The zero-order chi connectivity index (χ0) is 14.5. The van der Waals surface area contributed by atoms with Gasteiger partial charge in [-0.25, -0.2) is 0 Å². The minimum absolute atomic E-state index is 0.259. The number of benzene rings is 1. The summed E-state index contributed by atoms with van der Waals surface area (Å²) in [4.78, 5) is 0. The van der Waals surface area contributed by atoms with Crippen molar-refractivity contribution in [1.29, 1.82) is 0 Å². The van der Waals surface area contributed by atoms with E-state index in [0.29, 0.717) is 20.5 Å². The second-order valence-electron chi connectivity index (χ2n) is 4.88. The molecule has 3 N–H and O–H groups in total. The first-order valence-corrected chi connectivity index (χ1v) is 9.64. The third-order valence-corrected chi connectivity index (χ3v) is 7.69. The zero-order valence-electron chi connectivity index (χ0n) is 11.4. The SMILES string of the molecule is CCC1SCCSC1C(Cc1ccc(Cl)c(Cl)c1)NN. The molecule has 0 aromatic heterocycles. The van der Waals surface area contributed by atoms with Crippen molar-refractivity contribution in [3.8, 4) is 0 Å². The molecule has 1 aromatic rings. The van der Waals surface area contributed by atoms with E-state index in [9.17, 15) is 0 Å². The molecule has 1 aliphatic rings. The van der Waals surface area contributed by atoms with Crippen molar-refractivity contribution in [2.75, 3.05) is 11.5 Å². The maximum atomic E-state index is 6.09. The maximum Gasteiger partial charge on any atom is 0.0595 e. The molecule has 0 spiro atoms. The van der Waals surface area contributed by atoms with Crippen LogP contribution in [0.5, 0.6) is 0 Å². The lowest BCUT2D eigenvalue weighted by atomic mass is 10.0. The fourth-order valence-electron chi connectivity index (χ4n) is 2.50. The molecule has 3 atom stereocenters. The Labute approximate surface area is 139 Å². The lowest BCUT2D eigenvalue weighted by Gasteiger charge is -2.35. The van der Waals surface area contributed by atoms with Crippen molar-refractivity contribution in [2.24, 2.45) is 5.84 Å². The van der Waals surface area contributed by atoms with Crippen LogP contribution in [0, 0.1) is 0 Å². The van der Waals surface area contributed by atoms with E-state index in [1.165, 1.54) is 23.5 Å². The molecule has 0 bridgehead atoms. The van der Waals surface area contributed by atoms with Crippen molar-refractivity contribution < 1.29 is 0 Å². The fourth-order valence-corrected chi connectivity index (χ4v) is 6.07. The van der Waals surface area contributed by atoms with Gasteiger partial charge in [0.1, 0.15) is 0 Å². The van der Waals surface area contributed by atoms with E-state index in [1.807, 2.05) is 30.0 Å². The van der Waals surface area contributed by atoms with Gasteiger partial charge in [0.15, 0.2) is 0 Å². The fraction of sp³-hybridized carbons (Fsp3) is 0.571. The molecule has 1 fully saturated rings. The van der Waals surface area contributed by atoms with Gasteiger partial charge >= 0.3 is 0 Å². The van der Waals surface area contributed by atoms with Crippen molar-refractivity contribution in [2.45, 2.75) is 36.3 Å². The Morgan fingerprint density at radius 1 is 1.30 bits per heavy atom. The molecule has 0 saturated carbocycles. The summed E-state index contributed by atoms with van der Waals surface area (Å²) in [5, 5.41) is 2.41. The number of hydrazine groups is 1. The smallest absolute Gasteiger partial charge is 0.0595 e. The Bertz CT molecular complexity index is 445. The predicted octanol–water partition coefficient (Wildman–Crippen LogP) is 4.00. The van der Waals surface area contributed by atoms with E-state index < -0.39 is 0 Å². The Hall–Kier alpha value is 0.420. The lowest BCUT2D eigenvalue weighted by molar-refractivity contribution is 0.490. The van der Waals surface area contributed by atoms with Gasteiger partial charge in [0.25, 0.3) is 0 Å². The van der Waals surface area contributed by atoms with Crippen LogP contribution in [0.4, 0.5) is 0 Å². The van der Waals surface area contributed by atoms with Crippen LogP contribution in [0.15, 0.2) is 18.2 Å². The number of hydrogen-bond acceptors (Lipinski definition) is 4. The quantitative estimate of drug-likeness (QED) is 0.621. The lowest BCUT2D eigenvalue weighted by Crippen LogP contribution is -2.49. The van der Waals surface area contributed by atoms with Crippen LogP contribution < -0.4 is 11.3 Å². The first-order valence-electron chi connectivity index (χ1n) is 6.79. The average Bonchev–Trinajstić information content (AvgIpc) is 2.48. The number of hydrogen-bond donors (Lipinski definition) is 2. The van der Waals surface area contributed by atoms with E-state index in [1.54, 1.807) is 0 Å². The van der Waals surface area contributed by atoms with Gasteiger partial charge in [-0.05, 0) is 30.5 Å². The summed E-state index contributed by atoms with van der Waals surface area (Å²) < 4.78 is 0. The van der Waals surface area contributed by atoms with Crippen LogP contribution in [-0.4, -0.2) is 28.0 Å². The third kappa shape index (κ3) is 4.21. The van der Waals surface area contributed by atoms with Crippen LogP contribution in [0.1, 0.15) is 18.9 Å². The van der Waals surface area contributed by atoms with Crippen molar-refractivity contribution in [1.82, 2.24) is 5.43 Å². The van der Waals surface area contributed by atoms with Gasteiger partial charge in [-0.2, -0.15) is 23.5 Å². The topological polar surface area (TPSA) is 38.0 Å². The molecule has 2 nitrogen and oxygen atoms in total. The van der Waals surface area contributed by atoms with E-state index in [2.05, 4.69) is 24.1 Å². The first-order chi connectivity index (χ1) is 9.65. The molecule has 2 rings (SSSR count). The standard InChI is InChI=1S/C14H20Cl2N2S2/c1-2-13-14(20-6-5-19-13)12(18-17)8-9-3-4-10(15)11(16)7-9/h3-4,7,12-14,18H,2,5-6,8,17H2,1H3. The highest BCUT2D eigenvalue weighted by atomic mass is 35.5. The molecular formula is C14H20Cl2N2S2. The molecule has 20 heavy (non-hydrogen) atoms. The van der Waals surface area contributed by atoms with Gasteiger partial charge in [-0.1, -0.05) is 36.2 Å². The predicted molar refractivity (Wildman–Crippen MR) is 94.1 cm³/mol. The number of nitrogens with one attached hydrogen (secondary N) is 1. The largest absolute Gasteiger partial charge is 0.271 e. The molecule has 1 saturated heterocycles. The van der Waals surface area contributed by atoms with E-state index in [4.69, 9.17) is 29.0 Å².